The van der Waals surface area contributed by atoms with E-state index in [0.717, 1.165) is 43.6 Å². The number of fused-ring (bicyclic) bond motifs is 1. The molecule has 1 saturated carbocycles. The van der Waals surface area contributed by atoms with E-state index in [-0.39, 0.29) is 5.41 Å². The molecule has 3 heteroatoms. The number of aromatic nitrogens is 2. The molecule has 0 atom stereocenters. The van der Waals surface area contributed by atoms with Crippen molar-refractivity contribution < 1.29 is 4.39 Å². The van der Waals surface area contributed by atoms with Gasteiger partial charge in [0.1, 0.15) is 12.0 Å². The Kier molecular flexibility index (Phi) is 3.76. The van der Waals surface area contributed by atoms with Crippen molar-refractivity contribution in [1.82, 2.24) is 9.55 Å². The fraction of sp³-hybridized carbons (Fsp3) is 0.611. The van der Waals surface area contributed by atoms with Gasteiger partial charge in [0, 0.05) is 12.0 Å². The number of imidazole rings is 1. The van der Waals surface area contributed by atoms with E-state index in [1.165, 1.54) is 5.52 Å². The molecular formula is C18H25FN2. The second kappa shape index (κ2) is 5.43. The fourth-order valence-electron chi connectivity index (χ4n) is 3.40. The first kappa shape index (κ1) is 14.6. The number of rotatable bonds is 2. The third kappa shape index (κ3) is 2.97. The highest BCUT2D eigenvalue weighted by atomic mass is 19.1. The van der Waals surface area contributed by atoms with Crippen molar-refractivity contribution in [3.8, 4) is 0 Å². The maximum Gasteiger partial charge on any atom is 0.115 e. The number of hydrogen-bond donors (Lipinski definition) is 0. The molecule has 1 heterocycles. The summed E-state index contributed by atoms with van der Waals surface area (Å²) in [5, 5.41) is 0. The Balaban J connectivity index is 1.96. The monoisotopic (exact) mass is 288 g/mol. The van der Waals surface area contributed by atoms with Crippen LogP contribution in [0.25, 0.3) is 11.0 Å². The van der Waals surface area contributed by atoms with Crippen LogP contribution in [0.15, 0.2) is 24.3 Å². The number of nitrogens with zero attached hydrogens (tertiary/aromatic N) is 2. The summed E-state index contributed by atoms with van der Waals surface area (Å²) in [7, 11) is 0. The summed E-state index contributed by atoms with van der Waals surface area (Å²) in [4.78, 5) is 4.85. The highest BCUT2D eigenvalue weighted by Gasteiger charge is 2.26. The molecule has 3 rings (SSSR count). The predicted octanol–water partition coefficient (Wildman–Crippen LogP) is 4.86. The van der Waals surface area contributed by atoms with E-state index in [0.29, 0.717) is 5.92 Å². The molecule has 2 nitrogen and oxygen atoms in total. The van der Waals surface area contributed by atoms with Crippen LogP contribution in [-0.2, 0) is 12.0 Å². The largest absolute Gasteiger partial charge is 0.327 e. The molecule has 1 aliphatic carbocycles. The number of hydrogen-bond acceptors (Lipinski definition) is 1. The van der Waals surface area contributed by atoms with Gasteiger partial charge in [-0.3, -0.25) is 0 Å². The van der Waals surface area contributed by atoms with Crippen molar-refractivity contribution in [2.45, 2.75) is 64.6 Å². The lowest BCUT2D eigenvalue weighted by molar-refractivity contribution is 0.194. The van der Waals surface area contributed by atoms with Gasteiger partial charge in [0.15, 0.2) is 0 Å². The van der Waals surface area contributed by atoms with E-state index in [4.69, 9.17) is 4.98 Å². The van der Waals surface area contributed by atoms with E-state index in [1.807, 2.05) is 6.07 Å². The van der Waals surface area contributed by atoms with Crippen LogP contribution in [0.2, 0.25) is 0 Å². The maximum atomic E-state index is 13.3. The summed E-state index contributed by atoms with van der Waals surface area (Å²) in [6.07, 6.45) is 2.86. The van der Waals surface area contributed by atoms with Crippen molar-refractivity contribution >= 4 is 11.0 Å². The smallest absolute Gasteiger partial charge is 0.115 e. The number of halogens is 1. The van der Waals surface area contributed by atoms with Crippen LogP contribution in [0, 0.1) is 5.92 Å². The van der Waals surface area contributed by atoms with Gasteiger partial charge in [0.05, 0.1) is 11.0 Å². The minimum Gasteiger partial charge on any atom is -0.327 e. The lowest BCUT2D eigenvalue weighted by Gasteiger charge is -2.27. The number of para-hydroxylation sites is 2. The van der Waals surface area contributed by atoms with Crippen LogP contribution in [0.3, 0.4) is 0 Å². The molecule has 0 saturated heterocycles. The van der Waals surface area contributed by atoms with Gasteiger partial charge >= 0.3 is 0 Å². The Morgan fingerprint density at radius 1 is 1.14 bits per heavy atom. The summed E-state index contributed by atoms with van der Waals surface area (Å²) in [6, 6.07) is 8.35. The average molecular weight is 288 g/mol. The van der Waals surface area contributed by atoms with Crippen molar-refractivity contribution in [3.05, 3.63) is 30.1 Å². The van der Waals surface area contributed by atoms with E-state index in [1.54, 1.807) is 0 Å². The first-order valence-electron chi connectivity index (χ1n) is 8.05. The number of benzene rings is 1. The third-order valence-corrected chi connectivity index (χ3v) is 4.54. The minimum absolute atomic E-state index is 0.0241. The Hall–Kier alpha value is -1.38. The molecule has 1 aromatic carbocycles. The first-order valence-corrected chi connectivity index (χ1v) is 8.05. The summed E-state index contributed by atoms with van der Waals surface area (Å²) < 4.78 is 15.7. The average Bonchev–Trinajstić information content (AvgIpc) is 2.81. The van der Waals surface area contributed by atoms with E-state index >= 15 is 0 Å². The SMILES string of the molecule is CC(C)(C)c1nc2ccccc2n1CC1CCC(F)CC1. The Labute approximate surface area is 126 Å². The van der Waals surface area contributed by atoms with Crippen molar-refractivity contribution in [2.24, 2.45) is 5.92 Å². The van der Waals surface area contributed by atoms with Crippen molar-refractivity contribution in [3.63, 3.8) is 0 Å². The van der Waals surface area contributed by atoms with Gasteiger partial charge in [-0.25, -0.2) is 9.37 Å². The van der Waals surface area contributed by atoms with E-state index < -0.39 is 6.17 Å². The van der Waals surface area contributed by atoms with Gasteiger partial charge in [-0.15, -0.1) is 0 Å². The lowest BCUT2D eigenvalue weighted by atomic mass is 9.87. The van der Waals surface area contributed by atoms with E-state index in [2.05, 4.69) is 43.5 Å². The molecule has 0 spiro atoms. The molecule has 2 aromatic rings. The van der Waals surface area contributed by atoms with Gasteiger partial charge in [-0.2, -0.15) is 0 Å². The fourth-order valence-corrected chi connectivity index (χ4v) is 3.40. The van der Waals surface area contributed by atoms with Crippen LogP contribution in [0.1, 0.15) is 52.3 Å². The quantitative estimate of drug-likeness (QED) is 0.771. The first-order chi connectivity index (χ1) is 9.95. The molecule has 114 valence electrons. The van der Waals surface area contributed by atoms with Crippen molar-refractivity contribution in [1.29, 1.82) is 0 Å². The second-order valence-corrected chi connectivity index (χ2v) is 7.40. The summed E-state index contributed by atoms with van der Waals surface area (Å²) in [5.41, 5.74) is 2.31. The summed E-state index contributed by atoms with van der Waals surface area (Å²) >= 11 is 0. The predicted molar refractivity (Wildman–Crippen MR) is 85.3 cm³/mol. The molecule has 0 bridgehead atoms. The molecule has 1 aliphatic rings. The zero-order chi connectivity index (χ0) is 15.0. The molecule has 21 heavy (non-hydrogen) atoms. The molecule has 0 aliphatic heterocycles. The molecule has 0 radical (unpaired) electrons. The lowest BCUT2D eigenvalue weighted by Crippen LogP contribution is -2.24. The van der Waals surface area contributed by atoms with Crippen LogP contribution in [0.4, 0.5) is 4.39 Å². The summed E-state index contributed by atoms with van der Waals surface area (Å²) in [5.74, 6) is 1.72. The van der Waals surface area contributed by atoms with E-state index in [9.17, 15) is 4.39 Å². The minimum atomic E-state index is -0.581. The zero-order valence-electron chi connectivity index (χ0n) is 13.3. The van der Waals surface area contributed by atoms with Crippen LogP contribution >= 0.6 is 0 Å². The normalized spacial score (nSPS) is 23.6. The topological polar surface area (TPSA) is 17.8 Å². The second-order valence-electron chi connectivity index (χ2n) is 7.40. The zero-order valence-corrected chi connectivity index (χ0v) is 13.3. The van der Waals surface area contributed by atoms with Crippen LogP contribution in [-0.4, -0.2) is 15.7 Å². The standard InChI is InChI=1S/C18H25FN2/c1-18(2,3)17-20-15-6-4-5-7-16(15)21(17)12-13-8-10-14(19)11-9-13/h4-7,13-14H,8-12H2,1-3H3. The van der Waals surface area contributed by atoms with Gasteiger partial charge in [-0.05, 0) is 43.7 Å². The Bertz CT molecular complexity index is 616. The van der Waals surface area contributed by atoms with Crippen molar-refractivity contribution in [2.75, 3.05) is 0 Å². The van der Waals surface area contributed by atoms with Gasteiger partial charge < -0.3 is 4.57 Å². The van der Waals surface area contributed by atoms with Crippen LogP contribution < -0.4 is 0 Å². The van der Waals surface area contributed by atoms with Gasteiger partial charge in [0.2, 0.25) is 0 Å². The molecule has 1 fully saturated rings. The number of alkyl halides is 1. The Morgan fingerprint density at radius 3 is 2.48 bits per heavy atom. The highest BCUT2D eigenvalue weighted by Crippen LogP contribution is 2.32. The van der Waals surface area contributed by atoms with Gasteiger partial charge in [0.25, 0.3) is 0 Å². The molecule has 1 aromatic heterocycles. The third-order valence-electron chi connectivity index (χ3n) is 4.54. The molecular weight excluding hydrogens is 263 g/mol. The molecule has 0 N–H and O–H groups in total. The van der Waals surface area contributed by atoms with Crippen LogP contribution in [0.5, 0.6) is 0 Å². The molecule has 0 unspecified atom stereocenters. The molecule has 0 amide bonds. The highest BCUT2D eigenvalue weighted by molar-refractivity contribution is 5.76. The van der Waals surface area contributed by atoms with Gasteiger partial charge in [-0.1, -0.05) is 32.9 Å². The summed E-state index contributed by atoms with van der Waals surface area (Å²) in [6.45, 7) is 7.61. The maximum absolute atomic E-state index is 13.3. The Morgan fingerprint density at radius 2 is 1.81 bits per heavy atom.